The quantitative estimate of drug-likeness (QED) is 0.710. The third kappa shape index (κ3) is 2.20. The molecule has 0 aliphatic heterocycles. The number of aromatic nitrogens is 2. The summed E-state index contributed by atoms with van der Waals surface area (Å²) in [6.45, 7) is 2.00. The second-order valence-electron chi connectivity index (χ2n) is 4.32. The minimum absolute atomic E-state index is 0.541. The minimum atomic E-state index is 0.541. The predicted octanol–water partition coefficient (Wildman–Crippen LogP) is 3.31. The molecule has 1 heterocycles. The van der Waals surface area contributed by atoms with Crippen LogP contribution in [-0.2, 0) is 0 Å². The van der Waals surface area contributed by atoms with Crippen LogP contribution in [-0.4, -0.2) is 9.97 Å². The van der Waals surface area contributed by atoms with Crippen molar-refractivity contribution in [1.82, 2.24) is 9.97 Å². The first-order valence-corrected chi connectivity index (χ1v) is 5.98. The van der Waals surface area contributed by atoms with E-state index in [-0.39, 0.29) is 0 Å². The minimum Gasteiger partial charge on any atom is -0.438 e. The van der Waals surface area contributed by atoms with E-state index >= 15 is 0 Å². The van der Waals surface area contributed by atoms with Gasteiger partial charge in [-0.05, 0) is 36.8 Å². The topological polar surface area (TPSA) is 61.0 Å². The van der Waals surface area contributed by atoms with Gasteiger partial charge in [0.1, 0.15) is 12.1 Å². The highest BCUT2D eigenvalue weighted by Gasteiger charge is 2.07. The second-order valence-corrected chi connectivity index (χ2v) is 4.32. The van der Waals surface area contributed by atoms with Crippen molar-refractivity contribution in [2.75, 3.05) is 5.73 Å². The molecule has 0 saturated carbocycles. The fourth-order valence-electron chi connectivity index (χ4n) is 1.91. The van der Waals surface area contributed by atoms with Crippen LogP contribution in [0.25, 0.3) is 10.9 Å². The van der Waals surface area contributed by atoms with Crippen LogP contribution in [0.15, 0.2) is 48.8 Å². The summed E-state index contributed by atoms with van der Waals surface area (Å²) in [5.74, 6) is 1.33. The lowest BCUT2D eigenvalue weighted by molar-refractivity contribution is 0.464. The molecule has 3 aromatic rings. The Morgan fingerprint density at radius 2 is 1.89 bits per heavy atom. The van der Waals surface area contributed by atoms with Gasteiger partial charge in [0.05, 0.1) is 10.9 Å². The summed E-state index contributed by atoms with van der Waals surface area (Å²) in [5.41, 5.74) is 8.26. The highest BCUT2D eigenvalue weighted by Crippen LogP contribution is 2.29. The number of fused-ring (bicyclic) bond motifs is 1. The van der Waals surface area contributed by atoms with Crippen LogP contribution in [0.3, 0.4) is 0 Å². The van der Waals surface area contributed by atoms with Gasteiger partial charge in [-0.3, -0.25) is 0 Å². The molecule has 2 N–H and O–H groups in total. The van der Waals surface area contributed by atoms with E-state index in [2.05, 4.69) is 9.97 Å². The van der Waals surface area contributed by atoms with Gasteiger partial charge in [-0.2, -0.15) is 0 Å². The summed E-state index contributed by atoms with van der Waals surface area (Å²) in [6, 6.07) is 13.3. The van der Waals surface area contributed by atoms with E-state index in [9.17, 15) is 0 Å². The van der Waals surface area contributed by atoms with E-state index in [0.29, 0.717) is 11.6 Å². The molecule has 0 amide bonds. The van der Waals surface area contributed by atoms with Gasteiger partial charge in [-0.15, -0.1) is 0 Å². The molecular formula is C15H13N3O. The first-order valence-electron chi connectivity index (χ1n) is 5.98. The number of rotatable bonds is 2. The third-order valence-electron chi connectivity index (χ3n) is 2.92. The number of nitrogens with two attached hydrogens (primary N) is 1. The average Bonchev–Trinajstić information content (AvgIpc) is 2.41. The molecule has 0 radical (unpaired) electrons. The van der Waals surface area contributed by atoms with Crippen LogP contribution in [0.5, 0.6) is 11.6 Å². The number of nitrogen functional groups attached to an aromatic ring is 1. The maximum absolute atomic E-state index is 5.87. The average molecular weight is 251 g/mol. The predicted molar refractivity (Wildman–Crippen MR) is 75.2 cm³/mol. The fourth-order valence-corrected chi connectivity index (χ4v) is 1.91. The van der Waals surface area contributed by atoms with Gasteiger partial charge in [0.25, 0.3) is 0 Å². The normalized spacial score (nSPS) is 10.6. The van der Waals surface area contributed by atoms with Gasteiger partial charge in [0.2, 0.25) is 5.88 Å². The van der Waals surface area contributed by atoms with Gasteiger partial charge in [0.15, 0.2) is 0 Å². The number of para-hydroxylation sites is 1. The summed E-state index contributed by atoms with van der Waals surface area (Å²) >= 11 is 0. The molecule has 0 unspecified atom stereocenters. The molecule has 0 atom stereocenters. The molecule has 0 spiro atoms. The summed E-state index contributed by atoms with van der Waals surface area (Å²) < 4.78 is 5.87. The Morgan fingerprint density at radius 3 is 2.74 bits per heavy atom. The monoisotopic (exact) mass is 251 g/mol. The van der Waals surface area contributed by atoms with Crippen LogP contribution in [0, 0.1) is 6.92 Å². The van der Waals surface area contributed by atoms with Crippen LogP contribution < -0.4 is 10.5 Å². The van der Waals surface area contributed by atoms with E-state index in [1.165, 1.54) is 6.33 Å². The van der Waals surface area contributed by atoms with Crippen molar-refractivity contribution < 1.29 is 4.74 Å². The summed E-state index contributed by atoms with van der Waals surface area (Å²) in [6.07, 6.45) is 1.48. The van der Waals surface area contributed by atoms with E-state index in [0.717, 1.165) is 22.2 Å². The Bertz CT molecular complexity index is 740. The molecule has 3 rings (SSSR count). The molecule has 0 bridgehead atoms. The number of nitrogens with zero attached hydrogens (tertiary/aromatic N) is 2. The van der Waals surface area contributed by atoms with Gasteiger partial charge < -0.3 is 10.5 Å². The second kappa shape index (κ2) is 4.57. The Labute approximate surface area is 110 Å². The largest absolute Gasteiger partial charge is 0.438 e. The lowest BCUT2D eigenvalue weighted by Crippen LogP contribution is -1.93. The highest BCUT2D eigenvalue weighted by molar-refractivity contribution is 5.86. The number of hydrogen-bond donors (Lipinski definition) is 1. The Morgan fingerprint density at radius 1 is 1.05 bits per heavy atom. The van der Waals surface area contributed by atoms with Crippen molar-refractivity contribution >= 4 is 16.6 Å². The van der Waals surface area contributed by atoms with E-state index in [4.69, 9.17) is 10.5 Å². The van der Waals surface area contributed by atoms with Crippen molar-refractivity contribution in [3.8, 4) is 11.6 Å². The molecule has 1 aromatic heterocycles. The van der Waals surface area contributed by atoms with Crippen LogP contribution in [0.2, 0.25) is 0 Å². The van der Waals surface area contributed by atoms with Gasteiger partial charge in [-0.1, -0.05) is 18.2 Å². The summed E-state index contributed by atoms with van der Waals surface area (Å²) in [5, 5.41) is 0.847. The number of ether oxygens (including phenoxy) is 1. The molecular weight excluding hydrogens is 238 g/mol. The lowest BCUT2D eigenvalue weighted by atomic mass is 10.2. The molecule has 0 aliphatic rings. The van der Waals surface area contributed by atoms with E-state index in [1.54, 1.807) is 0 Å². The highest BCUT2D eigenvalue weighted by atomic mass is 16.5. The molecule has 0 aliphatic carbocycles. The van der Waals surface area contributed by atoms with Crippen LogP contribution >= 0.6 is 0 Å². The standard InChI is InChI=1S/C15H13N3O/c1-10-4-2-3-5-14(10)19-15-12-7-6-11(16)8-13(12)17-9-18-15/h2-9H,16H2,1H3. The van der Waals surface area contributed by atoms with E-state index < -0.39 is 0 Å². The van der Waals surface area contributed by atoms with Crippen molar-refractivity contribution in [2.24, 2.45) is 0 Å². The van der Waals surface area contributed by atoms with Crippen molar-refractivity contribution in [2.45, 2.75) is 6.92 Å². The van der Waals surface area contributed by atoms with Crippen molar-refractivity contribution in [1.29, 1.82) is 0 Å². The molecule has 4 nitrogen and oxygen atoms in total. The van der Waals surface area contributed by atoms with Gasteiger partial charge >= 0.3 is 0 Å². The molecule has 2 aromatic carbocycles. The number of anilines is 1. The van der Waals surface area contributed by atoms with E-state index in [1.807, 2.05) is 49.4 Å². The summed E-state index contributed by atoms with van der Waals surface area (Å²) in [7, 11) is 0. The first-order chi connectivity index (χ1) is 9.24. The lowest BCUT2D eigenvalue weighted by Gasteiger charge is -2.09. The molecule has 0 fully saturated rings. The number of benzene rings is 2. The maximum Gasteiger partial charge on any atom is 0.230 e. The molecule has 19 heavy (non-hydrogen) atoms. The number of aryl methyl sites for hydroxylation is 1. The van der Waals surface area contributed by atoms with Crippen molar-refractivity contribution in [3.05, 3.63) is 54.4 Å². The van der Waals surface area contributed by atoms with Crippen molar-refractivity contribution in [3.63, 3.8) is 0 Å². The first kappa shape index (κ1) is 11.5. The Balaban J connectivity index is 2.09. The zero-order valence-electron chi connectivity index (χ0n) is 10.5. The molecule has 0 saturated heterocycles. The number of hydrogen-bond acceptors (Lipinski definition) is 4. The van der Waals surface area contributed by atoms with Gasteiger partial charge in [-0.25, -0.2) is 9.97 Å². The zero-order valence-corrected chi connectivity index (χ0v) is 10.5. The summed E-state index contributed by atoms with van der Waals surface area (Å²) in [4.78, 5) is 8.39. The van der Waals surface area contributed by atoms with Crippen LogP contribution in [0.1, 0.15) is 5.56 Å². The third-order valence-corrected chi connectivity index (χ3v) is 2.92. The fraction of sp³-hybridized carbons (Fsp3) is 0.0667. The maximum atomic E-state index is 5.87. The Hall–Kier alpha value is -2.62. The Kier molecular flexibility index (Phi) is 2.76. The molecule has 4 heteroatoms. The molecule has 94 valence electrons. The SMILES string of the molecule is Cc1ccccc1Oc1ncnc2cc(N)ccc12. The smallest absolute Gasteiger partial charge is 0.230 e. The van der Waals surface area contributed by atoms with Gasteiger partial charge in [0, 0.05) is 5.69 Å². The van der Waals surface area contributed by atoms with Crippen LogP contribution in [0.4, 0.5) is 5.69 Å². The zero-order chi connectivity index (χ0) is 13.2.